The van der Waals surface area contributed by atoms with Gasteiger partial charge in [0.25, 0.3) is 0 Å². The molecular weight excluding hydrogens is 128 g/mol. The largest absolute Gasteiger partial charge is 0.396 e. The molecule has 1 atom stereocenters. The van der Waals surface area contributed by atoms with Crippen molar-refractivity contribution in [3.8, 4) is 0 Å². The van der Waals surface area contributed by atoms with Crippen LogP contribution in [0.3, 0.4) is 0 Å². The van der Waals surface area contributed by atoms with Crippen molar-refractivity contribution in [1.82, 2.24) is 5.43 Å². The van der Waals surface area contributed by atoms with E-state index in [1.165, 1.54) is 19.3 Å². The molecule has 0 spiro atoms. The normalized spacial score (nSPS) is 22.2. The molecule has 0 amide bonds. The van der Waals surface area contributed by atoms with Gasteiger partial charge in [-0.3, -0.25) is 11.3 Å². The number of hydrogen-bond acceptors (Lipinski definition) is 3. The van der Waals surface area contributed by atoms with Gasteiger partial charge in [0.15, 0.2) is 0 Å². The second-order valence-corrected chi connectivity index (χ2v) is 3.04. The van der Waals surface area contributed by atoms with E-state index < -0.39 is 0 Å². The summed E-state index contributed by atoms with van der Waals surface area (Å²) in [6.45, 7) is 1.02. The Morgan fingerprint density at radius 1 is 1.60 bits per heavy atom. The molecule has 1 fully saturated rings. The fourth-order valence-electron chi connectivity index (χ4n) is 1.44. The molecule has 0 bridgehead atoms. The Morgan fingerprint density at radius 3 is 2.60 bits per heavy atom. The van der Waals surface area contributed by atoms with E-state index in [-0.39, 0.29) is 6.61 Å². The molecule has 1 saturated carbocycles. The highest BCUT2D eigenvalue weighted by Gasteiger charge is 2.25. The summed E-state index contributed by atoms with van der Waals surface area (Å²) in [5.41, 5.74) is 2.61. The van der Waals surface area contributed by atoms with Crippen molar-refractivity contribution in [2.75, 3.05) is 13.2 Å². The zero-order chi connectivity index (χ0) is 7.40. The highest BCUT2D eigenvalue weighted by Crippen LogP contribution is 2.32. The molecule has 1 aliphatic carbocycles. The molecule has 0 aromatic heterocycles. The number of nitrogens with one attached hydrogen (secondary N) is 1. The number of rotatable bonds is 4. The molecule has 0 aliphatic heterocycles. The summed E-state index contributed by atoms with van der Waals surface area (Å²) in [6, 6.07) is 0. The highest BCUT2D eigenvalue weighted by molar-refractivity contribution is 4.77. The molecule has 0 heterocycles. The molecular formula is C7H16N2O. The maximum absolute atomic E-state index is 8.90. The lowest BCUT2D eigenvalue weighted by molar-refractivity contribution is 0.122. The quantitative estimate of drug-likeness (QED) is 0.380. The number of hydrogen-bond donors (Lipinski definition) is 3. The lowest BCUT2D eigenvalue weighted by Gasteiger charge is -2.32. The van der Waals surface area contributed by atoms with Crippen LogP contribution in [0.2, 0.25) is 0 Å². The average Bonchev–Trinajstić information content (AvgIpc) is 1.83. The van der Waals surface area contributed by atoms with Crippen LogP contribution in [0.25, 0.3) is 0 Å². The van der Waals surface area contributed by atoms with Crippen LogP contribution in [0.15, 0.2) is 0 Å². The van der Waals surface area contributed by atoms with Gasteiger partial charge in [-0.25, -0.2) is 0 Å². The standard InChI is InChI=1S/C7H16N2O/c8-9-4-7(5-10)6-2-1-3-6/h6-7,9-10H,1-5,8H2. The van der Waals surface area contributed by atoms with Crippen LogP contribution in [-0.4, -0.2) is 18.3 Å². The van der Waals surface area contributed by atoms with Crippen LogP contribution < -0.4 is 11.3 Å². The first kappa shape index (κ1) is 7.98. The second-order valence-electron chi connectivity index (χ2n) is 3.04. The molecule has 0 aromatic carbocycles. The van der Waals surface area contributed by atoms with Crippen molar-refractivity contribution in [3.63, 3.8) is 0 Å². The van der Waals surface area contributed by atoms with E-state index in [1.54, 1.807) is 0 Å². The highest BCUT2D eigenvalue weighted by atomic mass is 16.3. The third-order valence-electron chi connectivity index (χ3n) is 2.43. The Labute approximate surface area is 61.6 Å². The van der Waals surface area contributed by atoms with Gasteiger partial charge in [0.1, 0.15) is 0 Å². The van der Waals surface area contributed by atoms with Gasteiger partial charge in [-0.1, -0.05) is 19.3 Å². The Bertz CT molecular complexity index is 93.6. The van der Waals surface area contributed by atoms with Gasteiger partial charge in [0, 0.05) is 13.2 Å². The zero-order valence-electron chi connectivity index (χ0n) is 6.21. The van der Waals surface area contributed by atoms with Crippen molar-refractivity contribution < 1.29 is 5.11 Å². The fraction of sp³-hybridized carbons (Fsp3) is 1.00. The minimum Gasteiger partial charge on any atom is -0.396 e. The van der Waals surface area contributed by atoms with E-state index in [9.17, 15) is 0 Å². The van der Waals surface area contributed by atoms with Gasteiger partial charge >= 0.3 is 0 Å². The maximum atomic E-state index is 8.90. The first-order chi connectivity index (χ1) is 4.88. The maximum Gasteiger partial charge on any atom is 0.0474 e. The molecule has 1 rings (SSSR count). The monoisotopic (exact) mass is 144 g/mol. The van der Waals surface area contributed by atoms with E-state index >= 15 is 0 Å². The van der Waals surface area contributed by atoms with Crippen LogP contribution in [-0.2, 0) is 0 Å². The number of aliphatic hydroxyl groups excluding tert-OH is 1. The number of aliphatic hydroxyl groups is 1. The van der Waals surface area contributed by atoms with Gasteiger partial charge < -0.3 is 5.11 Å². The van der Waals surface area contributed by atoms with Gasteiger partial charge in [0.05, 0.1) is 0 Å². The predicted octanol–water partition coefficient (Wildman–Crippen LogP) is -0.142. The van der Waals surface area contributed by atoms with E-state index in [1.807, 2.05) is 0 Å². The first-order valence-electron chi connectivity index (χ1n) is 3.92. The summed E-state index contributed by atoms with van der Waals surface area (Å²) in [4.78, 5) is 0. The van der Waals surface area contributed by atoms with Crippen LogP contribution >= 0.6 is 0 Å². The molecule has 3 heteroatoms. The SMILES string of the molecule is NNCC(CO)C1CCC1. The number of nitrogens with two attached hydrogens (primary N) is 1. The molecule has 1 unspecified atom stereocenters. The minimum absolute atomic E-state index is 0.273. The van der Waals surface area contributed by atoms with Crippen molar-refractivity contribution in [1.29, 1.82) is 0 Å². The molecule has 0 saturated heterocycles. The van der Waals surface area contributed by atoms with Crippen molar-refractivity contribution in [2.24, 2.45) is 17.7 Å². The summed E-state index contributed by atoms with van der Waals surface area (Å²) >= 11 is 0. The second kappa shape index (κ2) is 3.91. The lowest BCUT2D eigenvalue weighted by atomic mass is 9.76. The van der Waals surface area contributed by atoms with Crippen molar-refractivity contribution in [2.45, 2.75) is 19.3 Å². The van der Waals surface area contributed by atoms with Gasteiger partial charge in [-0.2, -0.15) is 0 Å². The Hall–Kier alpha value is -0.120. The summed E-state index contributed by atoms with van der Waals surface area (Å²) in [5, 5.41) is 8.90. The summed E-state index contributed by atoms with van der Waals surface area (Å²) < 4.78 is 0. The van der Waals surface area contributed by atoms with Crippen LogP contribution in [0.1, 0.15) is 19.3 Å². The van der Waals surface area contributed by atoms with Gasteiger partial charge in [0.2, 0.25) is 0 Å². The van der Waals surface area contributed by atoms with Crippen LogP contribution in [0, 0.1) is 11.8 Å². The summed E-state index contributed by atoms with van der Waals surface area (Å²) in [6.07, 6.45) is 3.87. The zero-order valence-corrected chi connectivity index (χ0v) is 6.21. The van der Waals surface area contributed by atoms with Crippen LogP contribution in [0.5, 0.6) is 0 Å². The molecule has 60 valence electrons. The topological polar surface area (TPSA) is 58.3 Å². The Morgan fingerprint density at radius 2 is 2.30 bits per heavy atom. The Balaban J connectivity index is 2.17. The van der Waals surface area contributed by atoms with Crippen molar-refractivity contribution >= 4 is 0 Å². The third kappa shape index (κ3) is 1.68. The third-order valence-corrected chi connectivity index (χ3v) is 2.43. The van der Waals surface area contributed by atoms with Crippen molar-refractivity contribution in [3.05, 3.63) is 0 Å². The van der Waals surface area contributed by atoms with E-state index in [0.29, 0.717) is 5.92 Å². The molecule has 10 heavy (non-hydrogen) atoms. The molecule has 4 N–H and O–H groups in total. The predicted molar refractivity (Wildman–Crippen MR) is 40.1 cm³/mol. The molecule has 0 aromatic rings. The van der Waals surface area contributed by atoms with Crippen LogP contribution in [0.4, 0.5) is 0 Å². The van der Waals surface area contributed by atoms with E-state index in [2.05, 4.69) is 5.43 Å². The summed E-state index contributed by atoms with van der Waals surface area (Å²) in [5.74, 6) is 6.27. The Kier molecular flexibility index (Phi) is 3.12. The molecule has 3 nitrogen and oxygen atoms in total. The number of hydrazine groups is 1. The fourth-order valence-corrected chi connectivity index (χ4v) is 1.44. The van der Waals surface area contributed by atoms with Gasteiger partial charge in [-0.15, -0.1) is 0 Å². The lowest BCUT2D eigenvalue weighted by Crippen LogP contribution is -2.36. The first-order valence-corrected chi connectivity index (χ1v) is 3.92. The summed E-state index contributed by atoms with van der Waals surface area (Å²) in [7, 11) is 0. The molecule has 0 radical (unpaired) electrons. The van der Waals surface area contributed by atoms with E-state index in [0.717, 1.165) is 12.5 Å². The minimum atomic E-state index is 0.273. The van der Waals surface area contributed by atoms with E-state index in [4.69, 9.17) is 10.9 Å². The average molecular weight is 144 g/mol. The van der Waals surface area contributed by atoms with Gasteiger partial charge in [-0.05, 0) is 11.8 Å². The molecule has 1 aliphatic rings. The smallest absolute Gasteiger partial charge is 0.0474 e.